The van der Waals surface area contributed by atoms with Crippen LogP contribution in [0, 0.1) is 0 Å². The number of tetrazole rings is 1. The average molecular weight is 514 g/mol. The molecule has 0 saturated carbocycles. The number of pyridine rings is 1. The standard InChI is InChI=1S/C28H28ClN7O/c1-3-4-12-24-31-27(29)25(26(37-2)23-11-7-8-17-30-23)36(24)18-19-13-15-20(16-14-19)21-9-5-6-10-22(21)28-32-34-35-33-28/h5-11,13-17,26H,3-4,12,18H2,1-2H3,(H,32,33,34,35). The van der Waals surface area contributed by atoms with Gasteiger partial charge in [-0.1, -0.05) is 79.5 Å². The normalized spacial score (nSPS) is 12.1. The van der Waals surface area contributed by atoms with Crippen molar-refractivity contribution in [2.24, 2.45) is 0 Å². The Balaban J connectivity index is 1.49. The van der Waals surface area contributed by atoms with E-state index in [1.54, 1.807) is 13.3 Å². The zero-order valence-corrected chi connectivity index (χ0v) is 21.6. The zero-order chi connectivity index (χ0) is 25.6. The van der Waals surface area contributed by atoms with E-state index >= 15 is 0 Å². The molecule has 5 rings (SSSR count). The van der Waals surface area contributed by atoms with Gasteiger partial charge in [0.25, 0.3) is 0 Å². The molecule has 1 atom stereocenters. The molecule has 0 saturated heterocycles. The van der Waals surface area contributed by atoms with Crippen molar-refractivity contribution >= 4 is 11.6 Å². The summed E-state index contributed by atoms with van der Waals surface area (Å²) in [6.07, 6.45) is 4.28. The first kappa shape index (κ1) is 24.8. The fourth-order valence-electron chi connectivity index (χ4n) is 4.51. The molecule has 0 aliphatic rings. The van der Waals surface area contributed by atoms with E-state index in [1.165, 1.54) is 0 Å². The van der Waals surface area contributed by atoms with Crippen LogP contribution >= 0.6 is 11.6 Å². The minimum atomic E-state index is -0.419. The van der Waals surface area contributed by atoms with E-state index in [9.17, 15) is 0 Å². The molecule has 1 N–H and O–H groups in total. The molecule has 1 unspecified atom stereocenters. The SMILES string of the molecule is CCCCc1nc(Cl)c(C(OC)c2ccccn2)n1Cc1ccc(-c2ccccc2-c2nn[nH]n2)cc1. The lowest BCUT2D eigenvalue weighted by molar-refractivity contribution is 0.126. The molecule has 0 aliphatic carbocycles. The van der Waals surface area contributed by atoms with E-state index in [2.05, 4.69) is 67.4 Å². The number of hydrogen-bond acceptors (Lipinski definition) is 6. The monoisotopic (exact) mass is 513 g/mol. The average Bonchev–Trinajstić information content (AvgIpc) is 3.58. The number of H-pyrrole nitrogens is 1. The largest absolute Gasteiger partial charge is 0.369 e. The summed E-state index contributed by atoms with van der Waals surface area (Å²) in [6.45, 7) is 2.79. The minimum Gasteiger partial charge on any atom is -0.369 e. The van der Waals surface area contributed by atoms with E-state index in [4.69, 9.17) is 21.3 Å². The van der Waals surface area contributed by atoms with Crippen LogP contribution in [0.2, 0.25) is 5.15 Å². The lowest BCUT2D eigenvalue weighted by Gasteiger charge is -2.19. The predicted molar refractivity (Wildman–Crippen MR) is 143 cm³/mol. The Morgan fingerprint density at radius 1 is 1.00 bits per heavy atom. The second kappa shape index (κ2) is 11.5. The van der Waals surface area contributed by atoms with Gasteiger partial charge < -0.3 is 9.30 Å². The van der Waals surface area contributed by atoms with Crippen molar-refractivity contribution in [3.05, 3.63) is 101 Å². The van der Waals surface area contributed by atoms with Crippen LogP contribution in [0.4, 0.5) is 0 Å². The summed E-state index contributed by atoms with van der Waals surface area (Å²) in [5, 5.41) is 15.0. The second-order valence-corrected chi connectivity index (χ2v) is 9.10. The topological polar surface area (TPSA) is 94.4 Å². The first-order chi connectivity index (χ1) is 18.2. The highest BCUT2D eigenvalue weighted by Gasteiger charge is 2.26. The molecule has 3 heterocycles. The molecular weight excluding hydrogens is 486 g/mol. The van der Waals surface area contributed by atoms with Gasteiger partial charge in [0.15, 0.2) is 5.15 Å². The van der Waals surface area contributed by atoms with Crippen molar-refractivity contribution in [2.75, 3.05) is 7.11 Å². The maximum Gasteiger partial charge on any atom is 0.205 e. The summed E-state index contributed by atoms with van der Waals surface area (Å²) in [5.74, 6) is 1.52. The Morgan fingerprint density at radius 3 is 2.46 bits per heavy atom. The van der Waals surface area contributed by atoms with Gasteiger partial charge in [-0.15, -0.1) is 10.2 Å². The van der Waals surface area contributed by atoms with Gasteiger partial charge >= 0.3 is 0 Å². The molecule has 8 nitrogen and oxygen atoms in total. The first-order valence-electron chi connectivity index (χ1n) is 12.3. The van der Waals surface area contributed by atoms with Gasteiger partial charge in [-0.2, -0.15) is 5.21 Å². The molecule has 188 valence electrons. The van der Waals surface area contributed by atoms with Gasteiger partial charge in [0, 0.05) is 31.8 Å². The number of aromatic amines is 1. The number of rotatable bonds is 10. The molecule has 2 aromatic carbocycles. The van der Waals surface area contributed by atoms with Crippen LogP contribution in [0.5, 0.6) is 0 Å². The molecule has 0 bridgehead atoms. The summed E-state index contributed by atoms with van der Waals surface area (Å²) in [6, 6.07) is 22.3. The van der Waals surface area contributed by atoms with E-state index < -0.39 is 6.10 Å². The van der Waals surface area contributed by atoms with Crippen LogP contribution in [0.25, 0.3) is 22.5 Å². The van der Waals surface area contributed by atoms with Gasteiger partial charge in [-0.25, -0.2) is 4.98 Å². The number of hydrogen-bond donors (Lipinski definition) is 1. The van der Waals surface area contributed by atoms with Gasteiger partial charge in [-0.3, -0.25) is 4.98 Å². The van der Waals surface area contributed by atoms with Gasteiger partial charge in [0.2, 0.25) is 5.82 Å². The van der Waals surface area contributed by atoms with Gasteiger partial charge in [-0.05, 0) is 40.5 Å². The highest BCUT2D eigenvalue weighted by molar-refractivity contribution is 6.30. The number of ether oxygens (including phenoxy) is 1. The lowest BCUT2D eigenvalue weighted by Crippen LogP contribution is -2.15. The van der Waals surface area contributed by atoms with Gasteiger partial charge in [0.1, 0.15) is 11.9 Å². The third-order valence-corrected chi connectivity index (χ3v) is 6.63. The van der Waals surface area contributed by atoms with Crippen molar-refractivity contribution in [1.29, 1.82) is 0 Å². The van der Waals surface area contributed by atoms with Crippen LogP contribution in [-0.2, 0) is 17.7 Å². The lowest BCUT2D eigenvalue weighted by atomic mass is 9.98. The summed E-state index contributed by atoms with van der Waals surface area (Å²) in [4.78, 5) is 9.26. The quantitative estimate of drug-likeness (QED) is 0.249. The van der Waals surface area contributed by atoms with Crippen LogP contribution in [0.1, 0.15) is 48.6 Å². The number of halogens is 1. The molecule has 0 fully saturated rings. The summed E-state index contributed by atoms with van der Waals surface area (Å²) in [5.41, 5.74) is 5.78. The number of benzene rings is 2. The maximum atomic E-state index is 6.73. The number of nitrogens with one attached hydrogen (secondary N) is 1. The molecule has 0 amide bonds. The zero-order valence-electron chi connectivity index (χ0n) is 20.8. The Bertz CT molecular complexity index is 1430. The van der Waals surface area contributed by atoms with E-state index in [1.807, 2.05) is 36.4 Å². The van der Waals surface area contributed by atoms with Crippen LogP contribution < -0.4 is 0 Å². The fourth-order valence-corrected chi connectivity index (χ4v) is 4.81. The number of methoxy groups -OCH3 is 1. The Kier molecular flexibility index (Phi) is 7.67. The number of aryl methyl sites for hydroxylation is 1. The van der Waals surface area contributed by atoms with Crippen molar-refractivity contribution in [2.45, 2.75) is 38.8 Å². The molecule has 0 spiro atoms. The van der Waals surface area contributed by atoms with Crippen molar-refractivity contribution in [1.82, 2.24) is 35.2 Å². The summed E-state index contributed by atoms with van der Waals surface area (Å²) in [7, 11) is 1.68. The molecule has 0 radical (unpaired) electrons. The Morgan fingerprint density at radius 2 is 1.78 bits per heavy atom. The molecular formula is C28H28ClN7O. The maximum absolute atomic E-state index is 6.73. The highest BCUT2D eigenvalue weighted by atomic mass is 35.5. The molecule has 3 aromatic heterocycles. The minimum absolute atomic E-state index is 0.419. The molecule has 9 heteroatoms. The molecule has 37 heavy (non-hydrogen) atoms. The van der Waals surface area contributed by atoms with E-state index in [0.717, 1.165) is 58.7 Å². The summed E-state index contributed by atoms with van der Waals surface area (Å²) < 4.78 is 8.08. The third kappa shape index (κ3) is 5.30. The number of unbranched alkanes of at least 4 members (excludes halogenated alkanes) is 1. The predicted octanol–water partition coefficient (Wildman–Crippen LogP) is 5.91. The smallest absolute Gasteiger partial charge is 0.205 e. The van der Waals surface area contributed by atoms with E-state index in [0.29, 0.717) is 17.5 Å². The Hall–Kier alpha value is -3.88. The third-order valence-electron chi connectivity index (χ3n) is 6.35. The van der Waals surface area contributed by atoms with Crippen LogP contribution in [0.15, 0.2) is 72.9 Å². The molecule has 5 aromatic rings. The number of aromatic nitrogens is 7. The van der Waals surface area contributed by atoms with Crippen molar-refractivity contribution < 1.29 is 4.74 Å². The van der Waals surface area contributed by atoms with E-state index in [-0.39, 0.29) is 0 Å². The second-order valence-electron chi connectivity index (χ2n) is 8.74. The summed E-state index contributed by atoms with van der Waals surface area (Å²) >= 11 is 6.73. The first-order valence-corrected chi connectivity index (χ1v) is 12.7. The van der Waals surface area contributed by atoms with Crippen molar-refractivity contribution in [3.63, 3.8) is 0 Å². The highest BCUT2D eigenvalue weighted by Crippen LogP contribution is 2.33. The van der Waals surface area contributed by atoms with Gasteiger partial charge in [0.05, 0.1) is 11.4 Å². The van der Waals surface area contributed by atoms with Crippen LogP contribution in [0.3, 0.4) is 0 Å². The fraction of sp³-hybridized carbons (Fsp3) is 0.250. The molecule has 0 aliphatic heterocycles. The van der Waals surface area contributed by atoms with Crippen LogP contribution in [-0.4, -0.2) is 42.3 Å². The van der Waals surface area contributed by atoms with Crippen molar-refractivity contribution in [3.8, 4) is 22.5 Å². The number of nitrogens with zero attached hydrogens (tertiary/aromatic N) is 6. The Labute approximate surface area is 220 Å². The number of imidazole rings is 1.